The largest absolute Gasteiger partial charge is 0.416 e. The van der Waals surface area contributed by atoms with E-state index in [1.54, 1.807) is 25.1 Å². The number of rotatable bonds is 11. The van der Waals surface area contributed by atoms with Crippen molar-refractivity contribution in [3.8, 4) is 0 Å². The lowest BCUT2D eigenvalue weighted by molar-refractivity contribution is -0.143. The third-order valence-corrected chi connectivity index (χ3v) is 9.91. The summed E-state index contributed by atoms with van der Waals surface area (Å²) in [7, 11) is -2.09. The number of anilines is 1. The Balaban J connectivity index is 1.49. The summed E-state index contributed by atoms with van der Waals surface area (Å²) in [5, 5.41) is 0.562. The zero-order valence-electron chi connectivity index (χ0n) is 26.9. The van der Waals surface area contributed by atoms with Gasteiger partial charge in [0.15, 0.2) is 0 Å². The van der Waals surface area contributed by atoms with Gasteiger partial charge in [-0.15, -0.1) is 0 Å². The van der Waals surface area contributed by atoms with Crippen LogP contribution in [0.3, 0.4) is 0 Å². The van der Waals surface area contributed by atoms with Gasteiger partial charge < -0.3 is 9.80 Å². The molecule has 0 aliphatic carbocycles. The van der Waals surface area contributed by atoms with Gasteiger partial charge in [0.2, 0.25) is 10.0 Å². The molecule has 0 radical (unpaired) electrons. The molecule has 16 heteroatoms. The van der Waals surface area contributed by atoms with E-state index in [-0.39, 0.29) is 17.6 Å². The molecule has 1 aliphatic heterocycles. The molecule has 3 aromatic carbocycles. The maximum atomic E-state index is 13.5. The van der Waals surface area contributed by atoms with Crippen molar-refractivity contribution in [3.63, 3.8) is 0 Å². The normalized spacial score (nSPS) is 16.0. The number of hydrogen-bond donors (Lipinski definition) is 1. The molecule has 0 spiro atoms. The molecule has 1 heterocycles. The molecular formula is C33H36Cl2F6N4O3S. The summed E-state index contributed by atoms with van der Waals surface area (Å²) in [5.74, 6) is -1.38. The fraction of sp³-hybridized carbons (Fsp3) is 0.424. The third kappa shape index (κ3) is 10.5. The van der Waals surface area contributed by atoms with Gasteiger partial charge in [-0.25, -0.2) is 13.1 Å². The van der Waals surface area contributed by atoms with Gasteiger partial charge in [-0.1, -0.05) is 47.5 Å². The average Bonchev–Trinajstić information content (AvgIpc) is 3.02. The number of nitrogens with one attached hydrogen (secondary N) is 1. The van der Waals surface area contributed by atoms with Crippen molar-refractivity contribution < 1.29 is 39.6 Å². The number of halogens is 8. The number of piperazine rings is 1. The van der Waals surface area contributed by atoms with E-state index < -0.39 is 56.9 Å². The molecule has 0 saturated carbocycles. The number of hydrogen-bond acceptors (Lipinski definition) is 5. The Bertz CT molecular complexity index is 1720. The van der Waals surface area contributed by atoms with Crippen LogP contribution in [0.2, 0.25) is 10.0 Å². The molecule has 4 rings (SSSR count). The monoisotopic (exact) mass is 752 g/mol. The number of carbonyl (C=O) groups is 1. The Morgan fingerprint density at radius 3 is 2.04 bits per heavy atom. The van der Waals surface area contributed by atoms with E-state index in [1.165, 1.54) is 7.05 Å². The SMILES string of the molecule is CC(NS(C)(=O)=O)c1ccccc1N1CCN(CCC(CN(C)C(=O)c2cc(C(F)(F)F)cc(C(F)(F)F)c2)c2ccc(Cl)c(Cl)c2)CC1. The lowest BCUT2D eigenvalue weighted by Crippen LogP contribution is -2.47. The van der Waals surface area contributed by atoms with Crippen LogP contribution in [-0.2, 0) is 22.4 Å². The predicted molar refractivity (Wildman–Crippen MR) is 179 cm³/mol. The molecule has 1 aliphatic rings. The van der Waals surface area contributed by atoms with Crippen LogP contribution in [0.25, 0.3) is 0 Å². The highest BCUT2D eigenvalue weighted by Gasteiger charge is 2.38. The molecule has 2 unspecified atom stereocenters. The van der Waals surface area contributed by atoms with Crippen molar-refractivity contribution in [2.24, 2.45) is 0 Å². The summed E-state index contributed by atoms with van der Waals surface area (Å²) in [4.78, 5) is 18.8. The maximum Gasteiger partial charge on any atom is 0.416 e. The van der Waals surface area contributed by atoms with E-state index in [9.17, 15) is 39.6 Å². The van der Waals surface area contributed by atoms with Gasteiger partial charge in [0.1, 0.15) is 0 Å². The zero-order chi connectivity index (χ0) is 36.3. The van der Waals surface area contributed by atoms with Gasteiger partial charge in [0, 0.05) is 63.0 Å². The first-order valence-corrected chi connectivity index (χ1v) is 17.9. The van der Waals surface area contributed by atoms with Crippen LogP contribution in [0, 0.1) is 0 Å². The first kappa shape index (κ1) is 38.8. The van der Waals surface area contributed by atoms with E-state index in [0.29, 0.717) is 61.9 Å². The standard InChI is InChI=1S/C33H36Cl2F6N4O3S/c1-21(42-49(3,47)48)27-6-4-5-7-30(27)45-14-12-44(13-15-45)11-10-23(22-8-9-28(34)29(35)18-22)20-43(2)31(46)24-16-25(32(36,37)38)19-26(17-24)33(39,40)41/h4-9,16-19,21,23,42H,10-15,20H2,1-3H3. The van der Waals surface area contributed by atoms with Gasteiger partial charge in [-0.2, -0.15) is 26.3 Å². The number of alkyl halides is 6. The molecule has 3 aromatic rings. The van der Waals surface area contributed by atoms with Crippen LogP contribution < -0.4 is 9.62 Å². The highest BCUT2D eigenvalue weighted by atomic mass is 35.5. The topological polar surface area (TPSA) is 73.0 Å². The highest BCUT2D eigenvalue weighted by molar-refractivity contribution is 7.88. The molecule has 2 atom stereocenters. The predicted octanol–water partition coefficient (Wildman–Crippen LogP) is 7.71. The van der Waals surface area contributed by atoms with Crippen molar-refractivity contribution in [3.05, 3.63) is 98.5 Å². The lowest BCUT2D eigenvalue weighted by Gasteiger charge is -2.38. The summed E-state index contributed by atoms with van der Waals surface area (Å²) in [6, 6.07) is 12.9. The lowest BCUT2D eigenvalue weighted by atomic mass is 9.94. The molecule has 1 saturated heterocycles. The molecule has 0 aromatic heterocycles. The van der Waals surface area contributed by atoms with Crippen molar-refractivity contribution in [2.75, 3.05) is 57.5 Å². The second-order valence-corrected chi connectivity index (χ2v) is 14.7. The Hall–Kier alpha value is -3.04. The zero-order valence-corrected chi connectivity index (χ0v) is 29.2. The number of para-hydroxylation sites is 1. The van der Waals surface area contributed by atoms with Crippen LogP contribution in [-0.4, -0.2) is 76.7 Å². The minimum atomic E-state index is -5.09. The van der Waals surface area contributed by atoms with Gasteiger partial charge in [0.25, 0.3) is 5.91 Å². The first-order chi connectivity index (χ1) is 22.7. The van der Waals surface area contributed by atoms with Gasteiger partial charge >= 0.3 is 12.4 Å². The summed E-state index contributed by atoms with van der Waals surface area (Å²) in [6.07, 6.45) is -8.58. The Morgan fingerprint density at radius 1 is 0.898 bits per heavy atom. The fourth-order valence-corrected chi connectivity index (χ4v) is 6.99. The maximum absolute atomic E-state index is 13.5. The van der Waals surface area contributed by atoms with Crippen LogP contribution >= 0.6 is 23.2 Å². The van der Waals surface area contributed by atoms with Gasteiger partial charge in [-0.05, 0) is 67.4 Å². The highest BCUT2D eigenvalue weighted by Crippen LogP contribution is 2.37. The van der Waals surface area contributed by atoms with E-state index in [1.807, 2.05) is 24.3 Å². The number of nitrogens with zero attached hydrogens (tertiary/aromatic N) is 3. The van der Waals surface area contributed by atoms with E-state index in [2.05, 4.69) is 14.5 Å². The summed E-state index contributed by atoms with van der Waals surface area (Å²) < 4.78 is 107. The second kappa shape index (κ2) is 15.5. The van der Waals surface area contributed by atoms with Crippen molar-refractivity contribution in [1.82, 2.24) is 14.5 Å². The van der Waals surface area contributed by atoms with Crippen LogP contribution in [0.15, 0.2) is 60.7 Å². The molecule has 49 heavy (non-hydrogen) atoms. The number of benzene rings is 3. The molecule has 7 nitrogen and oxygen atoms in total. The smallest absolute Gasteiger partial charge is 0.369 e. The fourth-order valence-electron chi connectivity index (χ4n) is 5.92. The molecule has 268 valence electrons. The van der Waals surface area contributed by atoms with Gasteiger partial charge in [0.05, 0.1) is 27.4 Å². The number of amides is 1. The van der Waals surface area contributed by atoms with E-state index in [0.717, 1.165) is 22.4 Å². The molecule has 1 fully saturated rings. The van der Waals surface area contributed by atoms with Crippen molar-refractivity contribution >= 4 is 44.8 Å². The van der Waals surface area contributed by atoms with Crippen LogP contribution in [0.4, 0.5) is 32.0 Å². The number of sulfonamides is 1. The molecule has 0 bridgehead atoms. The Morgan fingerprint density at radius 2 is 1.49 bits per heavy atom. The molecule has 1 N–H and O–H groups in total. The minimum absolute atomic E-state index is 0.0132. The molecule has 1 amide bonds. The number of carbonyl (C=O) groups excluding carboxylic acids is 1. The minimum Gasteiger partial charge on any atom is -0.369 e. The quantitative estimate of drug-likeness (QED) is 0.203. The average molecular weight is 754 g/mol. The molecular weight excluding hydrogens is 717 g/mol. The van der Waals surface area contributed by atoms with E-state index >= 15 is 0 Å². The summed E-state index contributed by atoms with van der Waals surface area (Å²) in [5.41, 5.74) is -1.39. The summed E-state index contributed by atoms with van der Waals surface area (Å²) >= 11 is 12.4. The number of likely N-dealkylation sites (N-methyl/N-ethyl adjacent to an activating group) is 1. The Kier molecular flexibility index (Phi) is 12.2. The third-order valence-electron chi connectivity index (χ3n) is 8.39. The van der Waals surface area contributed by atoms with Crippen LogP contribution in [0.5, 0.6) is 0 Å². The first-order valence-electron chi connectivity index (χ1n) is 15.3. The van der Waals surface area contributed by atoms with E-state index in [4.69, 9.17) is 23.2 Å². The summed E-state index contributed by atoms with van der Waals surface area (Å²) in [6.45, 7) is 4.95. The van der Waals surface area contributed by atoms with Crippen molar-refractivity contribution in [2.45, 2.75) is 37.7 Å². The van der Waals surface area contributed by atoms with Crippen molar-refractivity contribution in [1.29, 1.82) is 0 Å². The Labute approximate surface area is 291 Å². The second-order valence-electron chi connectivity index (χ2n) is 12.1. The van der Waals surface area contributed by atoms with Crippen LogP contribution in [0.1, 0.15) is 57.9 Å². The van der Waals surface area contributed by atoms with Gasteiger partial charge in [-0.3, -0.25) is 9.69 Å².